The molecule has 0 spiro atoms. The van der Waals surface area contributed by atoms with E-state index < -0.39 is 18.3 Å². The molecule has 1 aromatic carbocycles. The molecule has 2 aromatic heterocycles. The van der Waals surface area contributed by atoms with E-state index in [0.29, 0.717) is 26.2 Å². The molecule has 10 heteroatoms. The number of benzene rings is 1. The van der Waals surface area contributed by atoms with Gasteiger partial charge in [-0.1, -0.05) is 24.3 Å². The number of para-hydroxylation sites is 1. The third kappa shape index (κ3) is 3.83. The number of halogens is 3. The number of amides is 1. The lowest BCUT2D eigenvalue weighted by Gasteiger charge is -2.37. The highest BCUT2D eigenvalue weighted by atomic mass is 32.1. The first kappa shape index (κ1) is 20.9. The van der Waals surface area contributed by atoms with E-state index in [9.17, 15) is 18.0 Å². The van der Waals surface area contributed by atoms with Crippen molar-refractivity contribution in [2.24, 2.45) is 0 Å². The molecule has 1 saturated heterocycles. The summed E-state index contributed by atoms with van der Waals surface area (Å²) in [6.07, 6.45) is -3.36. The Morgan fingerprint density at radius 2 is 1.81 bits per heavy atom. The van der Waals surface area contributed by atoms with Crippen molar-refractivity contribution in [1.29, 1.82) is 0 Å². The number of alkyl halides is 3. The first-order chi connectivity index (χ1) is 15.4. The van der Waals surface area contributed by atoms with Crippen LogP contribution in [0.15, 0.2) is 54.0 Å². The molecular weight excluding hydrogens is 439 g/mol. The van der Waals surface area contributed by atoms with E-state index in [-0.39, 0.29) is 23.7 Å². The van der Waals surface area contributed by atoms with Gasteiger partial charge in [-0.15, -0.1) is 11.3 Å². The number of nitrogens with zero attached hydrogens (tertiary/aromatic N) is 4. The van der Waals surface area contributed by atoms with Crippen LogP contribution < -0.4 is 10.2 Å². The van der Waals surface area contributed by atoms with Gasteiger partial charge in [0.1, 0.15) is 11.4 Å². The Balaban J connectivity index is 1.38. The highest BCUT2D eigenvalue weighted by Gasteiger charge is 2.47. The molecule has 1 amide bonds. The second-order valence-corrected chi connectivity index (χ2v) is 8.95. The van der Waals surface area contributed by atoms with Crippen LogP contribution in [-0.2, 0) is 0 Å². The molecule has 1 N–H and O–H groups in total. The average molecular weight is 462 g/mol. The van der Waals surface area contributed by atoms with E-state index in [4.69, 9.17) is 0 Å². The lowest BCUT2D eigenvalue weighted by Crippen LogP contribution is -2.49. The molecule has 4 heterocycles. The smallest absolute Gasteiger partial charge is 0.368 e. The van der Waals surface area contributed by atoms with E-state index in [1.807, 2.05) is 47.8 Å². The Labute approximate surface area is 187 Å². The van der Waals surface area contributed by atoms with Gasteiger partial charge in [0, 0.05) is 43.2 Å². The van der Waals surface area contributed by atoms with Crippen molar-refractivity contribution in [2.45, 2.75) is 24.7 Å². The van der Waals surface area contributed by atoms with Crippen molar-refractivity contribution in [1.82, 2.24) is 14.7 Å². The number of aromatic nitrogens is 2. The number of rotatable bonds is 3. The minimum atomic E-state index is -4.46. The van der Waals surface area contributed by atoms with Crippen LogP contribution in [0, 0.1) is 0 Å². The minimum Gasteiger partial charge on any atom is -0.368 e. The van der Waals surface area contributed by atoms with Gasteiger partial charge in [-0.3, -0.25) is 4.79 Å². The molecule has 0 unspecified atom stereocenters. The van der Waals surface area contributed by atoms with Crippen molar-refractivity contribution in [2.75, 3.05) is 36.4 Å². The van der Waals surface area contributed by atoms with E-state index in [2.05, 4.69) is 15.3 Å². The normalized spacial score (nSPS) is 21.2. The molecule has 3 aromatic rings. The Morgan fingerprint density at radius 1 is 1.06 bits per heavy atom. The van der Waals surface area contributed by atoms with Crippen molar-refractivity contribution in [3.05, 3.63) is 64.5 Å². The fraction of sp³-hybridized carbons (Fsp3) is 0.364. The molecule has 1 fully saturated rings. The molecule has 2 aliphatic heterocycles. The summed E-state index contributed by atoms with van der Waals surface area (Å²) < 4.78 is 42.4. The summed E-state index contributed by atoms with van der Waals surface area (Å²) in [5.41, 5.74) is 1.28. The van der Waals surface area contributed by atoms with Crippen molar-refractivity contribution < 1.29 is 18.0 Å². The SMILES string of the molecule is O=C(c1cnn2c1N[C@H](c1cccs1)C[C@@H]2C(F)(F)F)N1CCN(c2ccccc2)CC1. The summed E-state index contributed by atoms with van der Waals surface area (Å²) in [4.78, 5) is 18.0. The lowest BCUT2D eigenvalue weighted by molar-refractivity contribution is -0.173. The van der Waals surface area contributed by atoms with Crippen LogP contribution in [0.4, 0.5) is 24.7 Å². The minimum absolute atomic E-state index is 0.146. The first-order valence-electron chi connectivity index (χ1n) is 10.5. The Kier molecular flexibility index (Phi) is 5.32. The highest BCUT2D eigenvalue weighted by molar-refractivity contribution is 7.10. The van der Waals surface area contributed by atoms with E-state index in [1.54, 1.807) is 4.90 Å². The maximum Gasteiger partial charge on any atom is 0.410 e. The van der Waals surface area contributed by atoms with Crippen LogP contribution in [-0.4, -0.2) is 52.9 Å². The van der Waals surface area contributed by atoms with E-state index >= 15 is 0 Å². The quantitative estimate of drug-likeness (QED) is 0.621. The summed E-state index contributed by atoms with van der Waals surface area (Å²) in [6.45, 7) is 2.32. The monoisotopic (exact) mass is 461 g/mol. The van der Waals surface area contributed by atoms with Gasteiger partial charge in [0.25, 0.3) is 5.91 Å². The predicted octanol–water partition coefficient (Wildman–Crippen LogP) is 4.57. The molecule has 0 radical (unpaired) electrons. The summed E-state index contributed by atoms with van der Waals surface area (Å²) in [7, 11) is 0. The van der Waals surface area contributed by atoms with Gasteiger partial charge < -0.3 is 15.1 Å². The fourth-order valence-electron chi connectivity index (χ4n) is 4.37. The van der Waals surface area contributed by atoms with Crippen molar-refractivity contribution in [3.63, 3.8) is 0 Å². The summed E-state index contributed by atoms with van der Waals surface area (Å²) in [6, 6.07) is 11.3. The third-order valence-electron chi connectivity index (χ3n) is 6.04. The Morgan fingerprint density at radius 3 is 2.47 bits per heavy atom. The van der Waals surface area contributed by atoms with Crippen LogP contribution in [0.2, 0.25) is 0 Å². The number of fused-ring (bicyclic) bond motifs is 1. The molecule has 2 aliphatic rings. The zero-order valence-corrected chi connectivity index (χ0v) is 17.9. The number of carbonyl (C=O) groups is 1. The average Bonchev–Trinajstić information content (AvgIpc) is 3.48. The number of anilines is 2. The number of thiophene rings is 1. The molecule has 32 heavy (non-hydrogen) atoms. The number of nitrogens with one attached hydrogen (secondary N) is 1. The standard InChI is InChI=1S/C22H22F3N5OS/c23-22(24,25)19-13-17(18-7-4-12-32-18)27-20-16(14-26-30(19)20)21(31)29-10-8-28(9-11-29)15-5-2-1-3-6-15/h1-7,12,14,17,19,27H,8-11,13H2/t17-,19+/m0/s1. The predicted molar refractivity (Wildman–Crippen MR) is 117 cm³/mol. The number of piperazine rings is 1. The van der Waals surface area contributed by atoms with Gasteiger partial charge in [-0.25, -0.2) is 4.68 Å². The molecule has 2 atom stereocenters. The van der Waals surface area contributed by atoms with Crippen LogP contribution in [0.25, 0.3) is 0 Å². The van der Waals surface area contributed by atoms with Crippen molar-refractivity contribution in [3.8, 4) is 0 Å². The summed E-state index contributed by atoms with van der Waals surface area (Å²) in [5, 5.41) is 8.97. The molecule has 6 nitrogen and oxygen atoms in total. The van der Waals surface area contributed by atoms with E-state index in [0.717, 1.165) is 15.2 Å². The fourth-order valence-corrected chi connectivity index (χ4v) is 5.16. The van der Waals surface area contributed by atoms with Crippen LogP contribution in [0.3, 0.4) is 0 Å². The van der Waals surface area contributed by atoms with E-state index in [1.165, 1.54) is 17.5 Å². The van der Waals surface area contributed by atoms with Crippen LogP contribution >= 0.6 is 11.3 Å². The van der Waals surface area contributed by atoms with Gasteiger partial charge >= 0.3 is 6.18 Å². The number of hydrogen-bond donors (Lipinski definition) is 1. The maximum atomic E-state index is 13.8. The van der Waals surface area contributed by atoms with Gasteiger partial charge in [0.05, 0.1) is 12.2 Å². The van der Waals surface area contributed by atoms with Crippen LogP contribution in [0.1, 0.15) is 33.7 Å². The lowest BCUT2D eigenvalue weighted by atomic mass is 10.0. The molecule has 0 saturated carbocycles. The molecule has 5 rings (SSSR count). The zero-order valence-electron chi connectivity index (χ0n) is 17.1. The van der Waals surface area contributed by atoms with Crippen LogP contribution in [0.5, 0.6) is 0 Å². The molecule has 0 bridgehead atoms. The summed E-state index contributed by atoms with van der Waals surface area (Å²) >= 11 is 1.40. The third-order valence-corrected chi connectivity index (χ3v) is 7.03. The molecule has 168 valence electrons. The van der Waals surface area contributed by atoms with Gasteiger partial charge in [-0.05, 0) is 23.6 Å². The van der Waals surface area contributed by atoms with Gasteiger partial charge in [0.15, 0.2) is 6.04 Å². The number of carbonyl (C=O) groups excluding carboxylic acids is 1. The van der Waals surface area contributed by atoms with Gasteiger partial charge in [0.2, 0.25) is 0 Å². The molecule has 0 aliphatic carbocycles. The topological polar surface area (TPSA) is 53.4 Å². The second-order valence-electron chi connectivity index (χ2n) is 7.97. The second kappa shape index (κ2) is 8.16. The highest BCUT2D eigenvalue weighted by Crippen LogP contribution is 2.45. The Hall–Kier alpha value is -3.01. The molecular formula is C22H22F3N5OS. The zero-order chi connectivity index (χ0) is 22.3. The van der Waals surface area contributed by atoms with Gasteiger partial charge in [-0.2, -0.15) is 18.3 Å². The first-order valence-corrected chi connectivity index (χ1v) is 11.3. The summed E-state index contributed by atoms with van der Waals surface area (Å²) in [5.74, 6) is -0.147. The largest absolute Gasteiger partial charge is 0.410 e. The Bertz CT molecular complexity index is 1070. The number of hydrogen-bond acceptors (Lipinski definition) is 5. The van der Waals surface area contributed by atoms with Crippen molar-refractivity contribution >= 4 is 28.7 Å². The maximum absolute atomic E-state index is 13.8.